The number of pyridine rings is 1. The van der Waals surface area contributed by atoms with E-state index in [0.29, 0.717) is 28.8 Å². The number of hydrogen-bond donors (Lipinski definition) is 3. The molecule has 4 rings (SSSR count). The van der Waals surface area contributed by atoms with Crippen LogP contribution in [0.15, 0.2) is 30.1 Å². The van der Waals surface area contributed by atoms with Gasteiger partial charge in [0.15, 0.2) is 11.6 Å². The number of nitrogens with one attached hydrogen (secondary N) is 3. The van der Waals surface area contributed by atoms with Gasteiger partial charge in [-0.1, -0.05) is 25.4 Å². The molecule has 2 aliphatic rings. The average Bonchev–Trinajstić information content (AvgIpc) is 3.26. The molecule has 0 radical (unpaired) electrons. The van der Waals surface area contributed by atoms with Gasteiger partial charge in [-0.3, -0.25) is 4.79 Å². The summed E-state index contributed by atoms with van der Waals surface area (Å²) in [6.45, 7) is 9.74. The molecule has 40 heavy (non-hydrogen) atoms. The summed E-state index contributed by atoms with van der Waals surface area (Å²) in [6.07, 6.45) is 5.43. The third kappa shape index (κ3) is 6.20. The molecular weight excluding hydrogens is 539 g/mol. The zero-order valence-corrected chi connectivity index (χ0v) is 24.1. The van der Waals surface area contributed by atoms with Gasteiger partial charge in [-0.05, 0) is 38.8 Å². The first-order chi connectivity index (χ1) is 19.1. The fourth-order valence-corrected chi connectivity index (χ4v) is 5.35. The second-order valence-electron chi connectivity index (χ2n) is 10.3. The number of halogens is 2. The highest BCUT2D eigenvalue weighted by atomic mass is 35.5. The molecule has 0 spiro atoms. The number of fused-ring (bicyclic) bond motifs is 1. The quantitative estimate of drug-likeness (QED) is 0.359. The van der Waals surface area contributed by atoms with Crippen LogP contribution in [0.5, 0.6) is 0 Å². The van der Waals surface area contributed by atoms with E-state index in [0.717, 1.165) is 24.6 Å². The van der Waals surface area contributed by atoms with Crippen LogP contribution in [0.1, 0.15) is 65.3 Å². The number of carbonyl (C=O) groups excluding carboxylic acids is 2. The van der Waals surface area contributed by atoms with Gasteiger partial charge in [0.1, 0.15) is 11.6 Å². The minimum Gasteiger partial charge on any atom is -0.463 e. The molecule has 2 aromatic heterocycles. The Morgan fingerprint density at radius 1 is 1.25 bits per heavy atom. The van der Waals surface area contributed by atoms with E-state index in [1.807, 2.05) is 20.8 Å². The Kier molecular flexibility index (Phi) is 9.25. The van der Waals surface area contributed by atoms with E-state index in [-0.39, 0.29) is 30.9 Å². The van der Waals surface area contributed by atoms with Crippen LogP contribution in [-0.4, -0.2) is 64.3 Å². The summed E-state index contributed by atoms with van der Waals surface area (Å²) >= 11 is 6.22. The Balaban J connectivity index is 1.73. The van der Waals surface area contributed by atoms with Crippen molar-refractivity contribution in [2.24, 2.45) is 0 Å². The number of hydrogen-bond acceptors (Lipinski definition) is 9. The molecular formula is C28H36ClFN6O4. The molecule has 1 aliphatic carbocycles. The SMILES string of the molecule is CCOC(=O)C1=CC(Nc2nc(C3(C)CNc4ncc(Cl)cc43)ncc2F)C(NC(C)=O)[C@H](OC(CC)CC)C1. The van der Waals surface area contributed by atoms with Crippen LogP contribution in [0, 0.1) is 5.82 Å². The molecule has 216 valence electrons. The smallest absolute Gasteiger partial charge is 0.333 e. The van der Waals surface area contributed by atoms with Crippen LogP contribution >= 0.6 is 11.6 Å². The predicted octanol–water partition coefficient (Wildman–Crippen LogP) is 4.15. The van der Waals surface area contributed by atoms with Crippen molar-refractivity contribution in [3.63, 3.8) is 0 Å². The molecule has 1 amide bonds. The summed E-state index contributed by atoms with van der Waals surface area (Å²) in [7, 11) is 0. The topological polar surface area (TPSA) is 127 Å². The van der Waals surface area contributed by atoms with Crippen LogP contribution < -0.4 is 16.0 Å². The van der Waals surface area contributed by atoms with E-state index in [2.05, 4.69) is 30.9 Å². The summed E-state index contributed by atoms with van der Waals surface area (Å²) in [5.74, 6) is -0.495. The van der Waals surface area contributed by atoms with Gasteiger partial charge in [-0.2, -0.15) is 0 Å². The second kappa shape index (κ2) is 12.5. The van der Waals surface area contributed by atoms with Gasteiger partial charge in [0.2, 0.25) is 5.91 Å². The molecule has 0 saturated heterocycles. The van der Waals surface area contributed by atoms with Crippen molar-refractivity contribution in [3.05, 3.63) is 52.3 Å². The first-order valence-corrected chi connectivity index (χ1v) is 14.0. The summed E-state index contributed by atoms with van der Waals surface area (Å²) in [4.78, 5) is 38.3. The van der Waals surface area contributed by atoms with Crippen LogP contribution in [0.4, 0.5) is 16.0 Å². The number of aromatic nitrogens is 3. The standard InChI is InChI=1S/C28H36ClFN6O4/c1-6-18(7-2)40-22-10-16(26(38)39-8-3)9-21(23(22)34-15(4)37)35-25-20(30)13-32-27(36-25)28(5)14-33-24-19(28)11-17(29)12-31-24/h9,11-13,18,21-23H,6-8,10,14H2,1-5H3,(H,31,33)(H,34,37)(H,32,35,36)/t21?,22-,23?,28?/m1/s1. The van der Waals surface area contributed by atoms with E-state index in [1.165, 1.54) is 6.92 Å². The zero-order chi connectivity index (χ0) is 29.0. The van der Waals surface area contributed by atoms with Crippen molar-refractivity contribution in [2.45, 2.75) is 83.6 Å². The minimum absolute atomic E-state index is 0.0716. The monoisotopic (exact) mass is 574 g/mol. The lowest BCUT2D eigenvalue weighted by atomic mass is 9.84. The number of amides is 1. The molecule has 0 saturated carbocycles. The molecule has 3 N–H and O–H groups in total. The Morgan fingerprint density at radius 3 is 2.67 bits per heavy atom. The number of nitrogens with zero attached hydrogens (tertiary/aromatic N) is 3. The molecule has 3 unspecified atom stereocenters. The Hall–Kier alpha value is -3.31. The van der Waals surface area contributed by atoms with E-state index in [1.54, 1.807) is 25.3 Å². The predicted molar refractivity (Wildman–Crippen MR) is 150 cm³/mol. The van der Waals surface area contributed by atoms with Crippen LogP contribution in [0.3, 0.4) is 0 Å². The highest BCUT2D eigenvalue weighted by molar-refractivity contribution is 6.30. The third-order valence-corrected chi connectivity index (χ3v) is 7.58. The molecule has 0 aromatic carbocycles. The third-order valence-electron chi connectivity index (χ3n) is 7.37. The maximum Gasteiger partial charge on any atom is 0.333 e. The van der Waals surface area contributed by atoms with Crippen molar-refractivity contribution in [1.82, 2.24) is 20.3 Å². The van der Waals surface area contributed by atoms with Gasteiger partial charge in [0, 0.05) is 37.2 Å². The largest absolute Gasteiger partial charge is 0.463 e. The summed E-state index contributed by atoms with van der Waals surface area (Å²) < 4.78 is 26.9. The van der Waals surface area contributed by atoms with Gasteiger partial charge in [0.05, 0.1) is 47.5 Å². The van der Waals surface area contributed by atoms with Gasteiger partial charge < -0.3 is 25.4 Å². The van der Waals surface area contributed by atoms with Gasteiger partial charge in [-0.15, -0.1) is 0 Å². The lowest BCUT2D eigenvalue weighted by Gasteiger charge is -2.39. The van der Waals surface area contributed by atoms with Gasteiger partial charge in [0.25, 0.3) is 0 Å². The zero-order valence-electron chi connectivity index (χ0n) is 23.4. The fraction of sp³-hybridized carbons (Fsp3) is 0.536. The lowest BCUT2D eigenvalue weighted by Crippen LogP contribution is -2.56. The van der Waals surface area contributed by atoms with Crippen LogP contribution in [0.25, 0.3) is 0 Å². The highest BCUT2D eigenvalue weighted by Crippen LogP contribution is 2.40. The summed E-state index contributed by atoms with van der Waals surface area (Å²) in [6, 6.07) is 0.458. The summed E-state index contributed by atoms with van der Waals surface area (Å²) in [5.41, 5.74) is 0.455. The molecule has 12 heteroatoms. The van der Waals surface area contributed by atoms with Crippen molar-refractivity contribution in [1.29, 1.82) is 0 Å². The van der Waals surface area contributed by atoms with E-state index >= 15 is 4.39 Å². The van der Waals surface area contributed by atoms with Crippen LogP contribution in [-0.2, 0) is 24.5 Å². The number of carbonyl (C=O) groups is 2. The van der Waals surface area contributed by atoms with Crippen molar-refractivity contribution >= 4 is 35.1 Å². The molecule has 0 bridgehead atoms. The average molecular weight is 575 g/mol. The normalized spacial score (nSPS) is 23.7. The maximum absolute atomic E-state index is 15.2. The van der Waals surface area contributed by atoms with Crippen molar-refractivity contribution in [2.75, 3.05) is 23.8 Å². The number of esters is 1. The fourth-order valence-electron chi connectivity index (χ4n) is 5.20. The lowest BCUT2D eigenvalue weighted by molar-refractivity contribution is -0.139. The highest BCUT2D eigenvalue weighted by Gasteiger charge is 2.42. The summed E-state index contributed by atoms with van der Waals surface area (Å²) in [5, 5.41) is 9.77. The number of anilines is 2. The number of rotatable bonds is 10. The van der Waals surface area contributed by atoms with Crippen molar-refractivity contribution < 1.29 is 23.5 Å². The second-order valence-corrected chi connectivity index (χ2v) is 10.7. The molecule has 0 fully saturated rings. The first kappa shape index (κ1) is 29.7. The minimum atomic E-state index is -0.730. The maximum atomic E-state index is 15.2. The molecule has 4 atom stereocenters. The molecule has 2 aromatic rings. The molecule has 3 heterocycles. The molecule has 1 aliphatic heterocycles. The van der Waals surface area contributed by atoms with Crippen molar-refractivity contribution in [3.8, 4) is 0 Å². The molecule has 10 nitrogen and oxygen atoms in total. The van der Waals surface area contributed by atoms with E-state index < -0.39 is 35.4 Å². The first-order valence-electron chi connectivity index (χ1n) is 13.6. The van der Waals surface area contributed by atoms with E-state index in [4.69, 9.17) is 21.1 Å². The van der Waals surface area contributed by atoms with Crippen LogP contribution in [0.2, 0.25) is 5.02 Å². The van der Waals surface area contributed by atoms with Gasteiger partial charge in [-0.25, -0.2) is 24.1 Å². The Labute approximate surface area is 238 Å². The Bertz CT molecular complexity index is 1290. The Morgan fingerprint density at radius 2 is 2.00 bits per heavy atom. The number of ether oxygens (including phenoxy) is 2. The van der Waals surface area contributed by atoms with Gasteiger partial charge >= 0.3 is 5.97 Å². The van der Waals surface area contributed by atoms with E-state index in [9.17, 15) is 9.59 Å².